The van der Waals surface area contributed by atoms with Crippen molar-refractivity contribution in [2.75, 3.05) is 93.2 Å². The standard InChI is InChI=1S/3C17H17NO4.3C16H15ClN6O3/c3*19-16(20)15(11-13-7-3-1-4-8-13)18-17(21)22-12-14-9-5-2-6-10-14;3*17-10-1-2-11(21-9-10)23-14(24)12-13(20-4-3-19-12)15(23)26-16(25)22-7-5-18-6-8-22/h3*1-10,15H,11-12H2,(H,18,21)(H,19,20);3*1-4,9,15,18H,5-8H2/t;;;2*15-;/m...00./s1. The first-order chi connectivity index (χ1) is 69.9. The van der Waals surface area contributed by atoms with Gasteiger partial charge in [0.05, 0.1) is 15.1 Å². The summed E-state index contributed by atoms with van der Waals surface area (Å²) in [6.07, 6.45) is 6.66. The van der Waals surface area contributed by atoms with Crippen molar-refractivity contribution in [1.29, 1.82) is 0 Å². The first-order valence-electron chi connectivity index (χ1n) is 44.9. The molecule has 6 aliphatic heterocycles. The van der Waals surface area contributed by atoms with Crippen LogP contribution in [0, 0.1) is 0 Å². The van der Waals surface area contributed by atoms with E-state index in [-0.39, 0.29) is 73.2 Å². The molecule has 12 heterocycles. The maximum Gasteiger partial charge on any atom is 0.412 e. The van der Waals surface area contributed by atoms with E-state index in [0.717, 1.165) is 33.4 Å². The molecule has 42 nitrogen and oxygen atoms in total. The second-order valence-corrected chi connectivity index (χ2v) is 33.0. The number of pyridine rings is 3. The van der Waals surface area contributed by atoms with E-state index in [9.17, 15) is 72.9 Å². The number of carboxylic acids is 3. The average Bonchev–Trinajstić information content (AvgIpc) is 1.62. The number of aromatic nitrogens is 9. The van der Waals surface area contributed by atoms with Gasteiger partial charge >= 0.3 is 54.5 Å². The SMILES string of the molecule is O=C(NC(Cc1ccccc1)C(=O)O)OCc1ccccc1.O=C(NC(Cc1ccccc1)C(=O)O)OCc1ccccc1.O=C(NC(Cc1ccccc1)C(=O)O)OCc1ccccc1.O=C(OC1c2nccnc2C(=O)N1c1ccc(Cl)cn1)N1CCNCC1.O=C(O[C@H]1c2nccnc2C(=O)N1c1ccc(Cl)cn1)N1CCNCC1.O=C(O[C@H]1c2nccnc2C(=O)N1c1ccc(Cl)cn1)N1CCNCC1. The molecule has 0 saturated carbocycles. The normalized spacial score (nSPS) is 15.8. The van der Waals surface area contributed by atoms with Crippen molar-refractivity contribution in [1.82, 2.24) is 91.5 Å². The number of halogens is 3. The van der Waals surface area contributed by atoms with E-state index >= 15 is 0 Å². The van der Waals surface area contributed by atoms with Gasteiger partial charge in [-0.05, 0) is 69.8 Å². The number of piperazine rings is 3. The number of hydrogen-bond acceptors (Lipinski definition) is 30. The van der Waals surface area contributed by atoms with Crippen LogP contribution in [0.3, 0.4) is 0 Å². The molecule has 3 fully saturated rings. The van der Waals surface area contributed by atoms with Gasteiger partial charge in [0.15, 0.2) is 17.1 Å². The fourth-order valence-electron chi connectivity index (χ4n) is 14.6. The van der Waals surface area contributed by atoms with Gasteiger partial charge in [-0.2, -0.15) is 0 Å². The summed E-state index contributed by atoms with van der Waals surface area (Å²) < 4.78 is 32.0. The molecule has 0 aliphatic carbocycles. The van der Waals surface area contributed by atoms with Gasteiger partial charge in [-0.15, -0.1) is 0 Å². The summed E-state index contributed by atoms with van der Waals surface area (Å²) in [5.41, 5.74) is 6.31. The van der Waals surface area contributed by atoms with Gasteiger partial charge in [0.2, 0.25) is 18.7 Å². The molecule has 0 bridgehead atoms. The number of carboxylic acid groups (broad SMARTS) is 3. The van der Waals surface area contributed by atoms with E-state index < -0.39 is 109 Å². The Kier molecular flexibility index (Phi) is 38.5. The molecule has 144 heavy (non-hydrogen) atoms. The maximum absolute atomic E-state index is 12.8. The lowest BCUT2D eigenvalue weighted by molar-refractivity contribution is -0.140. The van der Waals surface area contributed by atoms with Crippen LogP contribution in [-0.4, -0.2) is 244 Å². The number of hydrogen-bond donors (Lipinski definition) is 9. The second kappa shape index (κ2) is 53.0. The van der Waals surface area contributed by atoms with Gasteiger partial charge in [0.25, 0.3) is 17.7 Å². The van der Waals surface area contributed by atoms with E-state index in [2.05, 4.69) is 76.8 Å². The zero-order valence-corrected chi connectivity index (χ0v) is 79.0. The highest BCUT2D eigenvalue weighted by molar-refractivity contribution is 6.31. The molecule has 4 unspecified atom stereocenters. The van der Waals surface area contributed by atoms with Crippen LogP contribution in [-0.2, 0) is 81.9 Å². The number of nitrogens with one attached hydrogen (secondary N) is 6. The van der Waals surface area contributed by atoms with Crippen LogP contribution in [0.25, 0.3) is 0 Å². The number of ether oxygens (including phenoxy) is 6. The van der Waals surface area contributed by atoms with Crippen LogP contribution in [0.1, 0.15) is 101 Å². The molecule has 9 amide bonds. The number of amides is 9. The topological polar surface area (TPSA) is 529 Å². The van der Waals surface area contributed by atoms with Gasteiger partial charge in [-0.25, -0.2) is 87.8 Å². The van der Waals surface area contributed by atoms with Gasteiger partial charge in [-0.3, -0.25) is 29.3 Å². The zero-order chi connectivity index (χ0) is 102. The highest BCUT2D eigenvalue weighted by Crippen LogP contribution is 2.40. The number of aliphatic carboxylic acids is 3. The Bertz CT molecular complexity index is 5730. The fourth-order valence-corrected chi connectivity index (χ4v) is 14.9. The van der Waals surface area contributed by atoms with Crippen molar-refractivity contribution < 1.29 is 101 Å². The summed E-state index contributed by atoms with van der Waals surface area (Å²) >= 11 is 17.6. The Labute approximate surface area is 838 Å². The van der Waals surface area contributed by atoms with E-state index in [1.54, 1.807) is 51.1 Å². The highest BCUT2D eigenvalue weighted by Gasteiger charge is 2.48. The van der Waals surface area contributed by atoms with E-state index in [1.807, 2.05) is 182 Å². The molecule has 12 aromatic rings. The highest BCUT2D eigenvalue weighted by atomic mass is 35.5. The number of carbonyl (C=O) groups is 12. The molecule has 6 atom stereocenters. The van der Waals surface area contributed by atoms with Gasteiger partial charge in [-0.1, -0.05) is 217 Å². The predicted molar refractivity (Wildman–Crippen MR) is 519 cm³/mol. The van der Waals surface area contributed by atoms with Crippen LogP contribution >= 0.6 is 34.8 Å². The third-order valence-electron chi connectivity index (χ3n) is 21.7. The lowest BCUT2D eigenvalue weighted by Gasteiger charge is -2.30. The summed E-state index contributed by atoms with van der Waals surface area (Å²) in [5, 5.41) is 45.5. The smallest absolute Gasteiger partial charge is 0.412 e. The number of alkyl carbamates (subject to hydrolysis) is 3. The Morgan fingerprint density at radius 1 is 0.312 bits per heavy atom. The minimum absolute atomic E-state index is 0.102. The monoisotopic (exact) mass is 2020 g/mol. The molecule has 744 valence electrons. The number of nitrogens with zero attached hydrogens (tertiary/aromatic N) is 15. The van der Waals surface area contributed by atoms with Crippen LogP contribution < -0.4 is 46.6 Å². The maximum atomic E-state index is 12.8. The quantitative estimate of drug-likeness (QED) is 0.0254. The third-order valence-corrected chi connectivity index (χ3v) is 22.4. The molecule has 0 spiro atoms. The Hall–Kier alpha value is -16.8. The lowest BCUT2D eigenvalue weighted by atomic mass is 10.1. The van der Waals surface area contributed by atoms with Crippen molar-refractivity contribution in [3.05, 3.63) is 357 Å². The number of anilines is 3. The molecule has 9 N–H and O–H groups in total. The Balaban J connectivity index is 0.000000145. The average molecular weight is 2020 g/mol. The molecule has 0 radical (unpaired) electrons. The van der Waals surface area contributed by atoms with Crippen LogP contribution in [0.2, 0.25) is 15.1 Å². The summed E-state index contributed by atoms with van der Waals surface area (Å²) in [6.45, 7) is 7.66. The summed E-state index contributed by atoms with van der Waals surface area (Å²) in [5.74, 6) is -3.67. The van der Waals surface area contributed by atoms with Gasteiger partial charge < -0.3 is 90.3 Å². The van der Waals surface area contributed by atoms with E-state index in [1.165, 1.54) is 70.5 Å². The molecular formula is C99H96Cl3N21O21. The fraction of sp³-hybridized carbons (Fsp3) is 0.242. The minimum Gasteiger partial charge on any atom is -0.480 e. The number of benzene rings is 6. The minimum atomic E-state index is -1.10. The summed E-state index contributed by atoms with van der Waals surface area (Å²) in [6, 6.07) is 61.4. The van der Waals surface area contributed by atoms with Crippen molar-refractivity contribution in [3.8, 4) is 0 Å². The molecular weight excluding hydrogens is 1930 g/mol. The van der Waals surface area contributed by atoms with Crippen LogP contribution in [0.15, 0.2) is 274 Å². The molecule has 3 saturated heterocycles. The van der Waals surface area contributed by atoms with Gasteiger partial charge in [0, 0.05) is 154 Å². The second-order valence-electron chi connectivity index (χ2n) is 31.7. The lowest BCUT2D eigenvalue weighted by Crippen LogP contribution is -2.47. The molecule has 18 rings (SSSR count). The van der Waals surface area contributed by atoms with Crippen LogP contribution in [0.4, 0.5) is 46.2 Å². The number of rotatable bonds is 24. The molecule has 6 aliphatic rings. The predicted octanol–water partition coefficient (Wildman–Crippen LogP) is 11.5. The zero-order valence-electron chi connectivity index (χ0n) is 76.7. The van der Waals surface area contributed by atoms with Crippen molar-refractivity contribution in [2.45, 2.75) is 75.9 Å². The number of fused-ring (bicyclic) bond motifs is 3. The summed E-state index contributed by atoms with van der Waals surface area (Å²) in [7, 11) is 0. The third kappa shape index (κ3) is 30.1. The van der Waals surface area contributed by atoms with Crippen molar-refractivity contribution in [2.24, 2.45) is 0 Å². The Morgan fingerprint density at radius 3 is 0.750 bits per heavy atom. The van der Waals surface area contributed by atoms with E-state index in [4.69, 9.17) is 63.2 Å². The van der Waals surface area contributed by atoms with Crippen molar-refractivity contribution >= 4 is 124 Å². The molecule has 6 aromatic carbocycles. The first-order valence-corrected chi connectivity index (χ1v) is 46.0. The van der Waals surface area contributed by atoms with Crippen molar-refractivity contribution in [3.63, 3.8) is 0 Å². The first kappa shape index (κ1) is 105. The molecule has 45 heteroatoms. The molecule has 6 aromatic heterocycles. The van der Waals surface area contributed by atoms with E-state index in [0.29, 0.717) is 111 Å². The number of carbonyl (C=O) groups excluding carboxylic acids is 9. The van der Waals surface area contributed by atoms with Crippen LogP contribution in [0.5, 0.6) is 0 Å². The largest absolute Gasteiger partial charge is 0.480 e. The Morgan fingerprint density at radius 2 is 0.535 bits per heavy atom. The summed E-state index contributed by atoms with van der Waals surface area (Å²) in [4.78, 5) is 191. The van der Waals surface area contributed by atoms with Gasteiger partial charge in [0.1, 0.15) is 72.5 Å².